The van der Waals surface area contributed by atoms with Gasteiger partial charge in [-0.15, -0.1) is 0 Å². The topological polar surface area (TPSA) is 63.2 Å². The number of ether oxygens (including phenoxy) is 1. The number of amides is 2. The van der Waals surface area contributed by atoms with Crippen LogP contribution in [0, 0.1) is 0 Å². The number of rotatable bonds is 6. The van der Waals surface area contributed by atoms with E-state index in [9.17, 15) is 9.59 Å². The van der Waals surface area contributed by atoms with E-state index in [2.05, 4.69) is 0 Å². The van der Waals surface area contributed by atoms with E-state index in [4.69, 9.17) is 16.3 Å². The minimum Gasteiger partial charge on any atom is -0.494 e. The van der Waals surface area contributed by atoms with E-state index in [0.717, 1.165) is 11.3 Å². The number of imide groups is 1. The van der Waals surface area contributed by atoms with E-state index in [1.165, 1.54) is 4.90 Å². The van der Waals surface area contributed by atoms with E-state index in [1.807, 2.05) is 36.5 Å². The van der Waals surface area contributed by atoms with Crippen LogP contribution in [0.5, 0.6) is 5.75 Å². The molecule has 0 radical (unpaired) electrons. The predicted octanol–water partition coefficient (Wildman–Crippen LogP) is 2.13. The fourth-order valence-electron chi connectivity index (χ4n) is 2.91. The van der Waals surface area contributed by atoms with Crippen LogP contribution in [0.25, 0.3) is 0 Å². The molecule has 2 amide bonds. The number of carbonyl (C=O) groups is 2. The van der Waals surface area contributed by atoms with Crippen molar-refractivity contribution in [1.29, 1.82) is 0 Å². The highest BCUT2D eigenvalue weighted by Gasteiger charge is 2.42. The van der Waals surface area contributed by atoms with Gasteiger partial charge in [-0.05, 0) is 43.3 Å². The summed E-state index contributed by atoms with van der Waals surface area (Å²) >= 11 is 5.98. The fraction of sp³-hybridized carbons (Fsp3) is 0.263. The van der Waals surface area contributed by atoms with E-state index >= 15 is 0 Å². The SMILES string of the molecule is CCOc1ccc(N2C(=O)C[C@@H]([NH2+]Cc3cccc(Cl)c3)C2=O)cc1. The maximum Gasteiger partial charge on any atom is 0.292 e. The molecule has 0 saturated carbocycles. The molecule has 1 atom stereocenters. The van der Waals surface area contributed by atoms with Gasteiger partial charge in [0.25, 0.3) is 5.91 Å². The minimum absolute atomic E-state index is 0.179. The lowest BCUT2D eigenvalue weighted by Crippen LogP contribution is -2.90. The number of carbonyl (C=O) groups excluding carboxylic acids is 2. The summed E-state index contributed by atoms with van der Waals surface area (Å²) in [7, 11) is 0. The van der Waals surface area contributed by atoms with E-state index in [0.29, 0.717) is 23.9 Å². The summed E-state index contributed by atoms with van der Waals surface area (Å²) in [6.07, 6.45) is 0.201. The van der Waals surface area contributed by atoms with Gasteiger partial charge >= 0.3 is 0 Å². The zero-order chi connectivity index (χ0) is 17.8. The Morgan fingerprint density at radius 3 is 2.64 bits per heavy atom. The number of anilines is 1. The molecule has 1 aliphatic rings. The highest BCUT2D eigenvalue weighted by Crippen LogP contribution is 2.24. The molecular formula is C19H20ClN2O3+. The van der Waals surface area contributed by atoms with Gasteiger partial charge in [0, 0.05) is 10.6 Å². The molecule has 2 N–H and O–H groups in total. The Morgan fingerprint density at radius 2 is 1.96 bits per heavy atom. The number of hydrogen-bond acceptors (Lipinski definition) is 3. The zero-order valence-corrected chi connectivity index (χ0v) is 14.7. The summed E-state index contributed by atoms with van der Waals surface area (Å²) in [5.74, 6) is 0.354. The van der Waals surface area contributed by atoms with Crippen molar-refractivity contribution in [3.63, 3.8) is 0 Å². The zero-order valence-electron chi connectivity index (χ0n) is 13.9. The van der Waals surface area contributed by atoms with Crippen molar-refractivity contribution in [3.8, 4) is 5.75 Å². The quantitative estimate of drug-likeness (QED) is 0.804. The van der Waals surface area contributed by atoms with Crippen LogP contribution in [0.15, 0.2) is 48.5 Å². The molecule has 1 fully saturated rings. The van der Waals surface area contributed by atoms with Crippen LogP contribution < -0.4 is 15.0 Å². The van der Waals surface area contributed by atoms with Crippen molar-refractivity contribution in [3.05, 3.63) is 59.1 Å². The van der Waals surface area contributed by atoms with Crippen LogP contribution >= 0.6 is 11.6 Å². The van der Waals surface area contributed by atoms with Gasteiger partial charge in [0.05, 0.1) is 18.7 Å². The van der Waals surface area contributed by atoms with Gasteiger partial charge in [0.2, 0.25) is 5.91 Å². The molecule has 6 heteroatoms. The molecular weight excluding hydrogens is 340 g/mol. The molecule has 2 aromatic carbocycles. The van der Waals surface area contributed by atoms with Gasteiger partial charge in [-0.1, -0.05) is 23.7 Å². The Bertz CT molecular complexity index is 776. The molecule has 1 heterocycles. The third-order valence-electron chi connectivity index (χ3n) is 4.11. The Hall–Kier alpha value is -2.37. The molecule has 0 aliphatic carbocycles. The molecule has 3 rings (SSSR count). The lowest BCUT2D eigenvalue weighted by molar-refractivity contribution is -0.690. The van der Waals surface area contributed by atoms with Gasteiger partial charge in [0.1, 0.15) is 12.3 Å². The Morgan fingerprint density at radius 1 is 1.20 bits per heavy atom. The highest BCUT2D eigenvalue weighted by atomic mass is 35.5. The molecule has 0 bridgehead atoms. The van der Waals surface area contributed by atoms with Crippen molar-refractivity contribution >= 4 is 29.1 Å². The lowest BCUT2D eigenvalue weighted by Gasteiger charge is -2.15. The summed E-state index contributed by atoms with van der Waals surface area (Å²) in [6, 6.07) is 14.1. The van der Waals surface area contributed by atoms with Gasteiger partial charge in [-0.3, -0.25) is 9.59 Å². The molecule has 0 aromatic heterocycles. The first-order valence-corrected chi connectivity index (χ1v) is 8.63. The molecule has 25 heavy (non-hydrogen) atoms. The molecule has 2 aromatic rings. The van der Waals surface area contributed by atoms with Crippen molar-refractivity contribution < 1.29 is 19.6 Å². The molecule has 0 spiro atoms. The smallest absolute Gasteiger partial charge is 0.292 e. The van der Waals surface area contributed by atoms with Crippen molar-refractivity contribution in [2.75, 3.05) is 11.5 Å². The van der Waals surface area contributed by atoms with Crippen LogP contribution in [0.4, 0.5) is 5.69 Å². The van der Waals surface area contributed by atoms with Crippen LogP contribution in [0.2, 0.25) is 5.02 Å². The maximum atomic E-state index is 12.6. The van der Waals surface area contributed by atoms with Crippen LogP contribution in [0.1, 0.15) is 18.9 Å². The molecule has 5 nitrogen and oxygen atoms in total. The Balaban J connectivity index is 1.67. The van der Waals surface area contributed by atoms with Gasteiger partial charge < -0.3 is 10.1 Å². The maximum absolute atomic E-state index is 12.6. The summed E-state index contributed by atoms with van der Waals surface area (Å²) in [4.78, 5) is 26.2. The van der Waals surface area contributed by atoms with Gasteiger partial charge in [-0.25, -0.2) is 4.90 Å². The first kappa shape index (κ1) is 17.5. The number of nitrogens with two attached hydrogens (primary N) is 1. The average molecular weight is 360 g/mol. The van der Waals surface area contributed by atoms with Gasteiger partial charge in [0.15, 0.2) is 6.04 Å². The summed E-state index contributed by atoms with van der Waals surface area (Å²) < 4.78 is 5.39. The molecule has 0 unspecified atom stereocenters. The Kier molecular flexibility index (Phi) is 5.36. The molecule has 130 valence electrons. The summed E-state index contributed by atoms with van der Waals surface area (Å²) in [5.41, 5.74) is 1.60. The third kappa shape index (κ3) is 4.00. The highest BCUT2D eigenvalue weighted by molar-refractivity contribution is 6.30. The first-order chi connectivity index (χ1) is 12.1. The van der Waals surface area contributed by atoms with Crippen molar-refractivity contribution in [1.82, 2.24) is 0 Å². The number of quaternary nitrogens is 1. The van der Waals surface area contributed by atoms with Crippen molar-refractivity contribution in [2.24, 2.45) is 0 Å². The van der Waals surface area contributed by atoms with Crippen LogP contribution in [0.3, 0.4) is 0 Å². The second kappa shape index (κ2) is 7.68. The normalized spacial score (nSPS) is 17.2. The number of nitrogens with zero attached hydrogens (tertiary/aromatic N) is 1. The van der Waals surface area contributed by atoms with E-state index in [-0.39, 0.29) is 18.2 Å². The van der Waals surface area contributed by atoms with Crippen molar-refractivity contribution in [2.45, 2.75) is 25.9 Å². The largest absolute Gasteiger partial charge is 0.494 e. The van der Waals surface area contributed by atoms with E-state index < -0.39 is 6.04 Å². The number of halogens is 1. The van der Waals surface area contributed by atoms with Crippen LogP contribution in [-0.4, -0.2) is 24.5 Å². The first-order valence-electron chi connectivity index (χ1n) is 8.26. The number of benzene rings is 2. The van der Waals surface area contributed by atoms with Crippen LogP contribution in [-0.2, 0) is 16.1 Å². The standard InChI is InChI=1S/C19H19ClN2O3/c1-2-25-16-8-6-15(7-9-16)22-18(23)11-17(19(22)24)21-12-13-4-3-5-14(20)10-13/h3-10,17,21H,2,11-12H2,1H3/p+1/t17-/m1/s1. The number of hydrogen-bond donors (Lipinski definition) is 1. The second-order valence-electron chi connectivity index (χ2n) is 5.87. The molecule has 1 aliphatic heterocycles. The minimum atomic E-state index is -0.405. The average Bonchev–Trinajstić information content (AvgIpc) is 2.88. The molecule has 1 saturated heterocycles. The summed E-state index contributed by atoms with van der Waals surface area (Å²) in [6.45, 7) is 3.07. The monoisotopic (exact) mass is 359 g/mol. The van der Waals surface area contributed by atoms with E-state index in [1.54, 1.807) is 24.3 Å². The second-order valence-corrected chi connectivity index (χ2v) is 6.31. The Labute approximate surface area is 151 Å². The lowest BCUT2D eigenvalue weighted by atomic mass is 10.2. The summed E-state index contributed by atoms with van der Waals surface area (Å²) in [5, 5.41) is 2.55. The third-order valence-corrected chi connectivity index (χ3v) is 4.35. The predicted molar refractivity (Wildman–Crippen MR) is 95.6 cm³/mol. The fourth-order valence-corrected chi connectivity index (χ4v) is 3.12. The van der Waals surface area contributed by atoms with Gasteiger partial charge in [-0.2, -0.15) is 0 Å².